The van der Waals surface area contributed by atoms with Crippen molar-refractivity contribution < 1.29 is 23.4 Å². The molecule has 1 heterocycles. The zero-order chi connectivity index (χ0) is 23.7. The summed E-state index contributed by atoms with van der Waals surface area (Å²) >= 11 is 0. The number of hydrogen-bond acceptors (Lipinski definition) is 5. The van der Waals surface area contributed by atoms with Gasteiger partial charge in [-0.25, -0.2) is 4.39 Å². The molecule has 3 aromatic rings. The van der Waals surface area contributed by atoms with E-state index in [0.717, 1.165) is 28.7 Å². The van der Waals surface area contributed by atoms with Gasteiger partial charge in [0.05, 0.1) is 31.8 Å². The third-order valence-corrected chi connectivity index (χ3v) is 6.64. The van der Waals surface area contributed by atoms with Gasteiger partial charge in [0.2, 0.25) is 0 Å². The van der Waals surface area contributed by atoms with Crippen molar-refractivity contribution in [2.75, 3.05) is 13.7 Å². The minimum Gasteiger partial charge on any atom is -0.492 e. The third kappa shape index (κ3) is 4.22. The molecule has 6 heteroatoms. The van der Waals surface area contributed by atoms with E-state index in [-0.39, 0.29) is 30.2 Å². The van der Waals surface area contributed by atoms with E-state index >= 15 is 0 Å². The van der Waals surface area contributed by atoms with Gasteiger partial charge in [0.15, 0.2) is 0 Å². The highest BCUT2D eigenvalue weighted by molar-refractivity contribution is 5.71. The van der Waals surface area contributed by atoms with Crippen molar-refractivity contribution in [3.8, 4) is 17.6 Å². The Morgan fingerprint density at radius 3 is 2.76 bits per heavy atom. The van der Waals surface area contributed by atoms with Crippen molar-refractivity contribution in [2.24, 2.45) is 0 Å². The van der Waals surface area contributed by atoms with Gasteiger partial charge in [-0.05, 0) is 60.2 Å². The molecule has 2 aliphatic rings. The summed E-state index contributed by atoms with van der Waals surface area (Å²) in [5, 5.41) is 9.00. The SMILES string of the molecule is COC(=O)CC1COc2cc(O[C@@H]3CCc4c(Cc5ccc(C#N)cc5)ccc(F)c43)ccc21. The number of carbonyl (C=O) groups excluding carboxylic acids is 1. The number of carbonyl (C=O) groups is 1. The van der Waals surface area contributed by atoms with Crippen LogP contribution in [0, 0.1) is 17.1 Å². The van der Waals surface area contributed by atoms with E-state index in [0.29, 0.717) is 42.1 Å². The quantitative estimate of drug-likeness (QED) is 0.464. The lowest BCUT2D eigenvalue weighted by molar-refractivity contribution is -0.141. The van der Waals surface area contributed by atoms with Crippen molar-refractivity contribution in [2.45, 2.75) is 37.7 Å². The van der Waals surface area contributed by atoms with Gasteiger partial charge in [-0.1, -0.05) is 24.3 Å². The summed E-state index contributed by atoms with van der Waals surface area (Å²) in [6.07, 6.45) is 2.01. The molecule has 0 saturated heterocycles. The van der Waals surface area contributed by atoms with Crippen LogP contribution >= 0.6 is 0 Å². The number of methoxy groups -OCH3 is 1. The van der Waals surface area contributed by atoms with Crippen molar-refractivity contribution in [3.05, 3.63) is 93.8 Å². The molecule has 172 valence electrons. The van der Waals surface area contributed by atoms with Gasteiger partial charge in [0.25, 0.3) is 0 Å². The fourth-order valence-corrected chi connectivity index (χ4v) is 4.89. The van der Waals surface area contributed by atoms with Gasteiger partial charge in [0.1, 0.15) is 23.4 Å². The monoisotopic (exact) mass is 457 g/mol. The first-order valence-electron chi connectivity index (χ1n) is 11.3. The Labute approximate surface area is 197 Å². The molecule has 3 aromatic carbocycles. The molecule has 5 nitrogen and oxygen atoms in total. The second kappa shape index (κ2) is 9.18. The lowest BCUT2D eigenvalue weighted by Crippen LogP contribution is -2.09. The highest BCUT2D eigenvalue weighted by Gasteiger charge is 2.31. The molecule has 0 saturated carbocycles. The summed E-state index contributed by atoms with van der Waals surface area (Å²) < 4.78 is 31.7. The second-order valence-electron chi connectivity index (χ2n) is 8.72. The topological polar surface area (TPSA) is 68.6 Å². The summed E-state index contributed by atoms with van der Waals surface area (Å²) in [5.41, 5.74) is 5.36. The molecule has 0 N–H and O–H groups in total. The lowest BCUT2D eigenvalue weighted by Gasteiger charge is -2.17. The van der Waals surface area contributed by atoms with Crippen molar-refractivity contribution >= 4 is 5.97 Å². The Kier molecular flexibility index (Phi) is 5.93. The summed E-state index contributed by atoms with van der Waals surface area (Å²) in [4.78, 5) is 11.6. The molecule has 0 radical (unpaired) electrons. The van der Waals surface area contributed by atoms with Crippen LogP contribution in [0.4, 0.5) is 4.39 Å². The smallest absolute Gasteiger partial charge is 0.306 e. The Bertz CT molecular complexity index is 1280. The molecule has 0 amide bonds. The first kappa shape index (κ1) is 22.0. The van der Waals surface area contributed by atoms with Gasteiger partial charge in [-0.2, -0.15) is 5.26 Å². The van der Waals surface area contributed by atoms with E-state index in [4.69, 9.17) is 19.5 Å². The zero-order valence-corrected chi connectivity index (χ0v) is 18.8. The average molecular weight is 458 g/mol. The summed E-state index contributed by atoms with van der Waals surface area (Å²) in [6.45, 7) is 0.424. The second-order valence-corrected chi connectivity index (χ2v) is 8.72. The van der Waals surface area contributed by atoms with Gasteiger partial charge < -0.3 is 14.2 Å². The van der Waals surface area contributed by atoms with Gasteiger partial charge in [0, 0.05) is 23.1 Å². The van der Waals surface area contributed by atoms with E-state index in [1.165, 1.54) is 13.2 Å². The van der Waals surface area contributed by atoms with Crippen molar-refractivity contribution in [3.63, 3.8) is 0 Å². The predicted molar refractivity (Wildman–Crippen MR) is 123 cm³/mol. The maximum Gasteiger partial charge on any atom is 0.306 e. The highest BCUT2D eigenvalue weighted by atomic mass is 19.1. The first-order valence-corrected chi connectivity index (χ1v) is 11.3. The van der Waals surface area contributed by atoms with Crippen LogP contribution in [0.5, 0.6) is 11.5 Å². The number of rotatable bonds is 6. The van der Waals surface area contributed by atoms with Crippen LogP contribution in [0.1, 0.15) is 58.2 Å². The van der Waals surface area contributed by atoms with Crippen LogP contribution < -0.4 is 9.47 Å². The molecule has 1 aliphatic heterocycles. The van der Waals surface area contributed by atoms with Crippen molar-refractivity contribution in [1.29, 1.82) is 5.26 Å². The maximum absolute atomic E-state index is 14.9. The molecule has 34 heavy (non-hydrogen) atoms. The Balaban J connectivity index is 1.35. The van der Waals surface area contributed by atoms with Crippen LogP contribution in [0.3, 0.4) is 0 Å². The fraction of sp³-hybridized carbons (Fsp3) is 0.286. The normalized spacial score (nSPS) is 17.9. The fourth-order valence-electron chi connectivity index (χ4n) is 4.89. The number of fused-ring (bicyclic) bond motifs is 2. The van der Waals surface area contributed by atoms with Crippen LogP contribution in [0.25, 0.3) is 0 Å². The lowest BCUT2D eigenvalue weighted by atomic mass is 9.96. The van der Waals surface area contributed by atoms with E-state index in [9.17, 15) is 9.18 Å². The third-order valence-electron chi connectivity index (χ3n) is 6.64. The number of halogens is 1. The van der Waals surface area contributed by atoms with E-state index in [1.54, 1.807) is 12.1 Å². The van der Waals surface area contributed by atoms with Crippen molar-refractivity contribution in [1.82, 2.24) is 0 Å². The molecule has 0 aromatic heterocycles. The van der Waals surface area contributed by atoms with Gasteiger partial charge in [-0.3, -0.25) is 4.79 Å². The molecule has 1 aliphatic carbocycles. The van der Waals surface area contributed by atoms with Gasteiger partial charge >= 0.3 is 5.97 Å². The number of hydrogen-bond donors (Lipinski definition) is 0. The van der Waals surface area contributed by atoms with Crippen LogP contribution in [-0.2, 0) is 22.4 Å². The van der Waals surface area contributed by atoms with E-state index < -0.39 is 0 Å². The van der Waals surface area contributed by atoms with Crippen LogP contribution in [-0.4, -0.2) is 19.7 Å². The Morgan fingerprint density at radius 1 is 1.18 bits per heavy atom. The molecule has 0 bridgehead atoms. The molecule has 1 unspecified atom stereocenters. The number of nitrogens with zero attached hydrogens (tertiary/aromatic N) is 1. The molecule has 0 spiro atoms. The van der Waals surface area contributed by atoms with E-state index in [1.807, 2.05) is 36.4 Å². The van der Waals surface area contributed by atoms with E-state index in [2.05, 4.69) is 6.07 Å². The van der Waals surface area contributed by atoms with Crippen LogP contribution in [0.15, 0.2) is 54.6 Å². The molecular formula is C28H24FNO4. The molecule has 5 rings (SSSR count). The molecular weight excluding hydrogens is 433 g/mol. The number of benzene rings is 3. The number of ether oxygens (including phenoxy) is 3. The summed E-state index contributed by atoms with van der Waals surface area (Å²) in [7, 11) is 1.38. The first-order chi connectivity index (χ1) is 16.6. The zero-order valence-electron chi connectivity index (χ0n) is 18.8. The molecule has 0 fully saturated rings. The summed E-state index contributed by atoms with van der Waals surface area (Å²) in [6, 6.07) is 18.6. The standard InChI is InChI=1S/C28H24FNO4/c1-32-27(31)13-20-16-33-26-14-21(7-8-22(20)26)34-25-11-9-23-19(6-10-24(29)28(23)25)12-17-2-4-18(15-30)5-3-17/h2-8,10,14,20,25H,9,11-13,16H2,1H3/t20?,25-/m1/s1. The molecule has 2 atom stereocenters. The van der Waals surface area contributed by atoms with Crippen LogP contribution in [0.2, 0.25) is 0 Å². The number of nitriles is 1. The maximum atomic E-state index is 14.9. The minimum atomic E-state index is -0.374. The Morgan fingerprint density at radius 2 is 2.00 bits per heavy atom. The predicted octanol–water partition coefficient (Wildman–Crippen LogP) is 5.39. The minimum absolute atomic E-state index is 0.0362. The number of esters is 1. The van der Waals surface area contributed by atoms with Gasteiger partial charge in [-0.15, -0.1) is 0 Å². The Hall–Kier alpha value is -3.85. The summed E-state index contributed by atoms with van der Waals surface area (Å²) in [5.74, 6) is 0.756. The average Bonchev–Trinajstić information content (AvgIpc) is 3.46. The largest absolute Gasteiger partial charge is 0.492 e. The highest BCUT2D eigenvalue weighted by Crippen LogP contribution is 2.42.